The largest absolute Gasteiger partial charge is 0.481 e. The van der Waals surface area contributed by atoms with E-state index in [1.54, 1.807) is 17.0 Å². The average Bonchev–Trinajstić information content (AvgIpc) is 2.96. The fourth-order valence-corrected chi connectivity index (χ4v) is 3.64. The number of piperidine rings is 1. The van der Waals surface area contributed by atoms with E-state index >= 15 is 0 Å². The summed E-state index contributed by atoms with van der Waals surface area (Å²) in [4.78, 5) is 38.7. The average molecular weight is 348 g/mol. The van der Waals surface area contributed by atoms with E-state index in [4.69, 9.17) is 5.11 Å². The van der Waals surface area contributed by atoms with Crippen molar-refractivity contribution in [3.63, 3.8) is 0 Å². The molecule has 1 N–H and O–H groups in total. The first kappa shape index (κ1) is 17.4. The van der Waals surface area contributed by atoms with Crippen LogP contribution in [0.4, 0.5) is 10.1 Å². The molecule has 0 radical (unpaired) electrons. The summed E-state index contributed by atoms with van der Waals surface area (Å²) in [5.74, 6) is -2.00. The normalized spacial score (nSPS) is 21.6. The monoisotopic (exact) mass is 348 g/mol. The second-order valence-corrected chi connectivity index (χ2v) is 6.72. The molecule has 1 unspecified atom stereocenters. The molecular weight excluding hydrogens is 327 g/mol. The lowest BCUT2D eigenvalue weighted by Gasteiger charge is -2.33. The van der Waals surface area contributed by atoms with Gasteiger partial charge >= 0.3 is 5.97 Å². The van der Waals surface area contributed by atoms with Crippen molar-refractivity contribution in [2.75, 3.05) is 24.5 Å². The van der Waals surface area contributed by atoms with E-state index in [0.29, 0.717) is 25.9 Å². The van der Waals surface area contributed by atoms with Gasteiger partial charge in [-0.15, -0.1) is 0 Å². The molecule has 0 aromatic heterocycles. The maximum Gasteiger partial charge on any atom is 0.303 e. The van der Waals surface area contributed by atoms with E-state index < -0.39 is 17.7 Å². The number of carboxylic acid groups (broad SMARTS) is 1. The van der Waals surface area contributed by atoms with Crippen LogP contribution in [-0.2, 0) is 14.4 Å². The van der Waals surface area contributed by atoms with Gasteiger partial charge in [-0.1, -0.05) is 12.1 Å². The van der Waals surface area contributed by atoms with E-state index in [1.807, 2.05) is 0 Å². The Bertz CT molecular complexity index is 685. The molecule has 2 aliphatic heterocycles. The van der Waals surface area contributed by atoms with E-state index in [2.05, 4.69) is 0 Å². The lowest BCUT2D eigenvalue weighted by Crippen LogP contribution is -2.42. The van der Waals surface area contributed by atoms with Gasteiger partial charge in [0.2, 0.25) is 11.8 Å². The second-order valence-electron chi connectivity index (χ2n) is 6.72. The Morgan fingerprint density at radius 3 is 2.52 bits per heavy atom. The van der Waals surface area contributed by atoms with Gasteiger partial charge in [0, 0.05) is 32.5 Å². The van der Waals surface area contributed by atoms with Crippen molar-refractivity contribution >= 4 is 23.5 Å². The predicted octanol–water partition coefficient (Wildman–Crippen LogP) is 1.89. The number of aliphatic carboxylic acids is 1. The Balaban J connectivity index is 1.60. The van der Waals surface area contributed by atoms with Gasteiger partial charge in [0.15, 0.2) is 0 Å². The minimum atomic E-state index is -0.813. The number of carbonyl (C=O) groups excluding carboxylic acids is 2. The molecule has 2 saturated heterocycles. The lowest BCUT2D eigenvalue weighted by atomic mass is 9.92. The zero-order valence-electron chi connectivity index (χ0n) is 13.9. The zero-order chi connectivity index (χ0) is 18.0. The first-order valence-corrected chi connectivity index (χ1v) is 8.51. The highest BCUT2D eigenvalue weighted by Crippen LogP contribution is 2.29. The molecule has 1 atom stereocenters. The molecule has 2 aliphatic rings. The van der Waals surface area contributed by atoms with Gasteiger partial charge in [-0.05, 0) is 30.9 Å². The standard InChI is InChI=1S/C18H21FN2O4/c19-14-3-1-2-4-15(14)21-11-13(10-16(21)22)18(25)20-7-5-12(6-8-20)9-17(23)24/h1-4,12-13H,5-11H2,(H,23,24). The summed E-state index contributed by atoms with van der Waals surface area (Å²) in [6.07, 6.45) is 1.54. The first-order valence-electron chi connectivity index (χ1n) is 8.51. The first-order chi connectivity index (χ1) is 12.0. The Morgan fingerprint density at radius 1 is 1.20 bits per heavy atom. The summed E-state index contributed by atoms with van der Waals surface area (Å²) in [6, 6.07) is 6.06. The third kappa shape index (κ3) is 3.81. The van der Waals surface area contributed by atoms with E-state index in [1.165, 1.54) is 17.0 Å². The van der Waals surface area contributed by atoms with Crippen LogP contribution in [-0.4, -0.2) is 47.4 Å². The van der Waals surface area contributed by atoms with E-state index in [-0.39, 0.29) is 42.8 Å². The molecule has 1 aromatic rings. The molecule has 2 fully saturated rings. The van der Waals surface area contributed by atoms with Gasteiger partial charge in [-0.25, -0.2) is 4.39 Å². The Morgan fingerprint density at radius 2 is 1.88 bits per heavy atom. The minimum absolute atomic E-state index is 0.0855. The van der Waals surface area contributed by atoms with E-state index in [0.717, 1.165) is 0 Å². The van der Waals surface area contributed by atoms with Crippen LogP contribution < -0.4 is 4.90 Å². The van der Waals surface area contributed by atoms with Gasteiger partial charge in [0.05, 0.1) is 11.6 Å². The predicted molar refractivity (Wildman–Crippen MR) is 88.4 cm³/mol. The molecule has 0 aliphatic carbocycles. The van der Waals surface area contributed by atoms with Gasteiger partial charge in [0.25, 0.3) is 0 Å². The number of hydrogen-bond donors (Lipinski definition) is 1. The highest BCUT2D eigenvalue weighted by molar-refractivity contribution is 6.00. The molecule has 6 nitrogen and oxygen atoms in total. The van der Waals surface area contributed by atoms with Crippen molar-refractivity contribution in [2.24, 2.45) is 11.8 Å². The maximum absolute atomic E-state index is 13.9. The van der Waals surface area contributed by atoms with Gasteiger partial charge < -0.3 is 14.9 Å². The Labute approximate surface area is 145 Å². The maximum atomic E-state index is 13.9. The summed E-state index contributed by atoms with van der Waals surface area (Å²) in [7, 11) is 0. The fraction of sp³-hybridized carbons (Fsp3) is 0.500. The number of rotatable bonds is 4. The molecule has 25 heavy (non-hydrogen) atoms. The number of para-hydroxylation sites is 1. The second kappa shape index (κ2) is 7.21. The molecule has 2 heterocycles. The van der Waals surface area contributed by atoms with Crippen LogP contribution in [0.3, 0.4) is 0 Å². The molecule has 2 amide bonds. The van der Waals surface area contributed by atoms with Crippen molar-refractivity contribution < 1.29 is 23.9 Å². The smallest absolute Gasteiger partial charge is 0.303 e. The number of carboxylic acids is 1. The Hall–Kier alpha value is -2.44. The summed E-state index contributed by atoms with van der Waals surface area (Å²) >= 11 is 0. The van der Waals surface area contributed by atoms with Crippen LogP contribution in [0.1, 0.15) is 25.7 Å². The summed E-state index contributed by atoms with van der Waals surface area (Å²) in [5, 5.41) is 8.85. The van der Waals surface area contributed by atoms with Crippen LogP contribution in [0, 0.1) is 17.7 Å². The van der Waals surface area contributed by atoms with Crippen molar-refractivity contribution in [2.45, 2.75) is 25.7 Å². The van der Waals surface area contributed by atoms with Gasteiger partial charge in [0.1, 0.15) is 5.82 Å². The summed E-state index contributed by atoms with van der Waals surface area (Å²) in [6.45, 7) is 1.22. The summed E-state index contributed by atoms with van der Waals surface area (Å²) in [5.41, 5.74) is 0.211. The molecule has 1 aromatic carbocycles. The van der Waals surface area contributed by atoms with Gasteiger partial charge in [-0.3, -0.25) is 14.4 Å². The highest BCUT2D eigenvalue weighted by Gasteiger charge is 2.38. The van der Waals surface area contributed by atoms with Gasteiger partial charge in [-0.2, -0.15) is 0 Å². The van der Waals surface area contributed by atoms with Crippen LogP contribution in [0.15, 0.2) is 24.3 Å². The van der Waals surface area contributed by atoms with Crippen LogP contribution in [0.25, 0.3) is 0 Å². The third-order valence-electron chi connectivity index (χ3n) is 5.01. The number of benzene rings is 1. The highest BCUT2D eigenvalue weighted by atomic mass is 19.1. The van der Waals surface area contributed by atoms with Crippen molar-refractivity contribution in [3.8, 4) is 0 Å². The minimum Gasteiger partial charge on any atom is -0.481 e. The summed E-state index contributed by atoms with van der Waals surface area (Å²) < 4.78 is 13.9. The van der Waals surface area contributed by atoms with Crippen LogP contribution in [0.2, 0.25) is 0 Å². The molecule has 0 bridgehead atoms. The number of likely N-dealkylation sites (tertiary alicyclic amines) is 1. The Kier molecular flexibility index (Phi) is 5.01. The topological polar surface area (TPSA) is 77.9 Å². The molecule has 7 heteroatoms. The van der Waals surface area contributed by atoms with Crippen molar-refractivity contribution in [3.05, 3.63) is 30.1 Å². The number of hydrogen-bond acceptors (Lipinski definition) is 3. The SMILES string of the molecule is O=C(O)CC1CCN(C(=O)C2CC(=O)N(c3ccccc3F)C2)CC1. The quantitative estimate of drug-likeness (QED) is 0.901. The number of nitrogens with zero attached hydrogens (tertiary/aromatic N) is 2. The van der Waals surface area contributed by atoms with E-state index in [9.17, 15) is 18.8 Å². The third-order valence-corrected chi connectivity index (χ3v) is 5.01. The number of carbonyl (C=O) groups is 3. The molecule has 3 rings (SSSR count). The van der Waals surface area contributed by atoms with Crippen LogP contribution in [0.5, 0.6) is 0 Å². The van der Waals surface area contributed by atoms with Crippen molar-refractivity contribution in [1.82, 2.24) is 4.90 Å². The zero-order valence-corrected chi connectivity index (χ0v) is 13.9. The van der Waals surface area contributed by atoms with Crippen LogP contribution >= 0.6 is 0 Å². The fourth-order valence-electron chi connectivity index (χ4n) is 3.64. The number of anilines is 1. The molecule has 134 valence electrons. The molecule has 0 spiro atoms. The molecule has 0 saturated carbocycles. The number of halogens is 1. The lowest BCUT2D eigenvalue weighted by molar-refractivity contribution is -0.139. The molecular formula is C18H21FN2O4. The number of amides is 2. The van der Waals surface area contributed by atoms with Crippen molar-refractivity contribution in [1.29, 1.82) is 0 Å².